The Labute approximate surface area is 104 Å². The Morgan fingerprint density at radius 1 is 1.56 bits per heavy atom. The molecule has 0 radical (unpaired) electrons. The van der Waals surface area contributed by atoms with Crippen LogP contribution >= 0.6 is 23.4 Å². The van der Waals surface area contributed by atoms with E-state index in [1.54, 1.807) is 13.0 Å². The molecule has 0 aromatic heterocycles. The van der Waals surface area contributed by atoms with Gasteiger partial charge in [-0.2, -0.15) is 0 Å². The number of aliphatic hydroxyl groups is 1. The number of carbonyl (C=O) groups excluding carboxylic acids is 1. The molecule has 0 bridgehead atoms. The van der Waals surface area contributed by atoms with E-state index >= 15 is 0 Å². The molecule has 1 atom stereocenters. The topological polar surface area (TPSA) is 49.3 Å². The summed E-state index contributed by atoms with van der Waals surface area (Å²) in [6, 6.07) is 7.18. The van der Waals surface area contributed by atoms with Crippen molar-refractivity contribution in [1.82, 2.24) is 5.32 Å². The van der Waals surface area contributed by atoms with E-state index in [9.17, 15) is 4.79 Å². The smallest absolute Gasteiger partial charge is 0.230 e. The number of halogens is 1. The lowest BCUT2D eigenvalue weighted by Gasteiger charge is -2.10. The summed E-state index contributed by atoms with van der Waals surface area (Å²) in [5, 5.41) is 12.1. The molecule has 1 aromatic carbocycles. The lowest BCUT2D eigenvalue weighted by molar-refractivity contribution is -0.119. The van der Waals surface area contributed by atoms with E-state index < -0.39 is 0 Å². The second kappa shape index (κ2) is 6.78. The maximum absolute atomic E-state index is 11.4. The Kier molecular flexibility index (Phi) is 5.66. The molecule has 88 valence electrons. The number of hydrogen-bond donors (Lipinski definition) is 2. The fraction of sp³-hybridized carbons (Fsp3) is 0.364. The standard InChI is InChI=1S/C11H14ClNO2S/c1-8(6-14)13-11(15)7-16-10-5-3-2-4-9(10)12/h2-5,8,14H,6-7H2,1H3,(H,13,15)/t8-/m1/s1. The lowest BCUT2D eigenvalue weighted by Crippen LogP contribution is -2.36. The van der Waals surface area contributed by atoms with Crippen molar-refractivity contribution >= 4 is 29.3 Å². The highest BCUT2D eigenvalue weighted by Gasteiger charge is 2.07. The highest BCUT2D eigenvalue weighted by Crippen LogP contribution is 2.26. The van der Waals surface area contributed by atoms with Gasteiger partial charge in [-0.25, -0.2) is 0 Å². The molecule has 0 heterocycles. The van der Waals surface area contributed by atoms with Crippen LogP contribution in [0, 0.1) is 0 Å². The number of aliphatic hydroxyl groups excluding tert-OH is 1. The van der Waals surface area contributed by atoms with Crippen molar-refractivity contribution in [3.8, 4) is 0 Å². The average molecular weight is 260 g/mol. The summed E-state index contributed by atoms with van der Waals surface area (Å²) in [5.74, 6) is 0.195. The summed E-state index contributed by atoms with van der Waals surface area (Å²) >= 11 is 7.33. The number of thioether (sulfide) groups is 1. The van der Waals surface area contributed by atoms with Gasteiger partial charge in [0.2, 0.25) is 5.91 Å². The van der Waals surface area contributed by atoms with Gasteiger partial charge in [0.05, 0.1) is 17.4 Å². The van der Waals surface area contributed by atoms with Crippen molar-refractivity contribution in [2.75, 3.05) is 12.4 Å². The monoisotopic (exact) mass is 259 g/mol. The molecule has 0 aliphatic heterocycles. The van der Waals surface area contributed by atoms with E-state index in [2.05, 4.69) is 5.32 Å². The van der Waals surface area contributed by atoms with Gasteiger partial charge < -0.3 is 10.4 Å². The molecule has 1 rings (SSSR count). The summed E-state index contributed by atoms with van der Waals surface area (Å²) < 4.78 is 0. The minimum absolute atomic E-state index is 0.0531. The summed E-state index contributed by atoms with van der Waals surface area (Å²) in [7, 11) is 0. The van der Waals surface area contributed by atoms with Crippen LogP contribution in [0.3, 0.4) is 0 Å². The third-order valence-electron chi connectivity index (χ3n) is 1.88. The van der Waals surface area contributed by atoms with Crippen LogP contribution in [-0.2, 0) is 4.79 Å². The first-order chi connectivity index (χ1) is 7.63. The van der Waals surface area contributed by atoms with Crippen LogP contribution in [0.15, 0.2) is 29.2 Å². The predicted molar refractivity (Wildman–Crippen MR) is 66.9 cm³/mol. The number of hydrogen-bond acceptors (Lipinski definition) is 3. The van der Waals surface area contributed by atoms with Gasteiger partial charge in [-0.15, -0.1) is 11.8 Å². The van der Waals surface area contributed by atoms with Crippen molar-refractivity contribution < 1.29 is 9.90 Å². The van der Waals surface area contributed by atoms with Crippen molar-refractivity contribution in [3.63, 3.8) is 0 Å². The molecule has 0 fully saturated rings. The van der Waals surface area contributed by atoms with Crippen LogP contribution in [0.1, 0.15) is 6.92 Å². The van der Waals surface area contributed by atoms with Crippen molar-refractivity contribution in [3.05, 3.63) is 29.3 Å². The van der Waals surface area contributed by atoms with Crippen LogP contribution < -0.4 is 5.32 Å². The average Bonchev–Trinajstić information content (AvgIpc) is 2.28. The molecule has 0 spiro atoms. The van der Waals surface area contributed by atoms with Crippen LogP contribution in [0.2, 0.25) is 5.02 Å². The molecular weight excluding hydrogens is 246 g/mol. The Hall–Kier alpha value is -0.710. The molecule has 0 saturated carbocycles. The minimum Gasteiger partial charge on any atom is -0.394 e. The summed E-state index contributed by atoms with van der Waals surface area (Å²) in [6.45, 7) is 1.70. The molecule has 3 nitrogen and oxygen atoms in total. The quantitative estimate of drug-likeness (QED) is 0.795. The number of nitrogens with one attached hydrogen (secondary N) is 1. The van der Waals surface area contributed by atoms with Gasteiger partial charge in [0.25, 0.3) is 0 Å². The molecule has 5 heteroatoms. The van der Waals surface area contributed by atoms with Crippen molar-refractivity contribution in [2.24, 2.45) is 0 Å². The first-order valence-electron chi connectivity index (χ1n) is 4.91. The van der Waals surface area contributed by atoms with Gasteiger partial charge in [0.1, 0.15) is 0 Å². The molecule has 1 amide bonds. The Balaban J connectivity index is 2.40. The SMILES string of the molecule is C[C@H](CO)NC(=O)CSc1ccccc1Cl. The number of benzene rings is 1. The summed E-state index contributed by atoms with van der Waals surface area (Å²) in [6.07, 6.45) is 0. The zero-order valence-electron chi connectivity index (χ0n) is 8.94. The first kappa shape index (κ1) is 13.4. The van der Waals surface area contributed by atoms with Gasteiger partial charge in [0, 0.05) is 10.9 Å². The van der Waals surface area contributed by atoms with E-state index in [1.807, 2.05) is 18.2 Å². The molecule has 0 aliphatic carbocycles. The van der Waals surface area contributed by atoms with Gasteiger partial charge in [-0.3, -0.25) is 4.79 Å². The van der Waals surface area contributed by atoms with Crippen LogP contribution in [0.4, 0.5) is 0 Å². The fourth-order valence-corrected chi connectivity index (χ4v) is 2.12. The highest BCUT2D eigenvalue weighted by molar-refractivity contribution is 8.00. The van der Waals surface area contributed by atoms with Crippen LogP contribution in [0.5, 0.6) is 0 Å². The minimum atomic E-state index is -0.209. The first-order valence-corrected chi connectivity index (χ1v) is 6.27. The fourth-order valence-electron chi connectivity index (χ4n) is 1.07. The zero-order valence-corrected chi connectivity index (χ0v) is 10.5. The molecule has 0 aliphatic rings. The van der Waals surface area contributed by atoms with Crippen molar-refractivity contribution in [1.29, 1.82) is 0 Å². The third kappa shape index (κ3) is 4.43. The van der Waals surface area contributed by atoms with Crippen LogP contribution in [0.25, 0.3) is 0 Å². The van der Waals surface area contributed by atoms with Gasteiger partial charge >= 0.3 is 0 Å². The number of rotatable bonds is 5. The largest absolute Gasteiger partial charge is 0.394 e. The van der Waals surface area contributed by atoms with E-state index in [4.69, 9.17) is 16.7 Å². The summed E-state index contributed by atoms with van der Waals surface area (Å²) in [4.78, 5) is 12.3. The maximum Gasteiger partial charge on any atom is 0.230 e. The summed E-state index contributed by atoms with van der Waals surface area (Å²) in [5.41, 5.74) is 0. The van der Waals surface area contributed by atoms with E-state index in [-0.39, 0.29) is 18.6 Å². The molecular formula is C11H14ClNO2S. The second-order valence-electron chi connectivity index (χ2n) is 3.37. The van der Waals surface area contributed by atoms with Gasteiger partial charge in [-0.05, 0) is 19.1 Å². The normalized spacial score (nSPS) is 12.2. The van der Waals surface area contributed by atoms with E-state index in [0.717, 1.165) is 4.90 Å². The lowest BCUT2D eigenvalue weighted by atomic mass is 10.4. The highest BCUT2D eigenvalue weighted by atomic mass is 35.5. The maximum atomic E-state index is 11.4. The molecule has 2 N–H and O–H groups in total. The second-order valence-corrected chi connectivity index (χ2v) is 4.79. The number of carbonyl (C=O) groups is 1. The van der Waals surface area contributed by atoms with Crippen molar-refractivity contribution in [2.45, 2.75) is 17.9 Å². The molecule has 1 aromatic rings. The Morgan fingerprint density at radius 2 is 2.25 bits per heavy atom. The molecule has 16 heavy (non-hydrogen) atoms. The molecule has 0 unspecified atom stereocenters. The van der Waals surface area contributed by atoms with E-state index in [0.29, 0.717) is 10.8 Å². The zero-order chi connectivity index (χ0) is 12.0. The van der Waals surface area contributed by atoms with Gasteiger partial charge in [-0.1, -0.05) is 23.7 Å². The third-order valence-corrected chi connectivity index (χ3v) is 3.39. The Morgan fingerprint density at radius 3 is 2.88 bits per heavy atom. The Bertz CT molecular complexity index is 360. The number of amides is 1. The predicted octanol–water partition coefficient (Wildman–Crippen LogP) is 1.93. The van der Waals surface area contributed by atoms with E-state index in [1.165, 1.54) is 11.8 Å². The van der Waals surface area contributed by atoms with Gasteiger partial charge in [0.15, 0.2) is 0 Å². The van der Waals surface area contributed by atoms with Crippen LogP contribution in [-0.4, -0.2) is 29.4 Å². The molecule has 0 saturated heterocycles.